The number of piperazine rings is 1. The van der Waals surface area contributed by atoms with E-state index in [1.54, 1.807) is 11.0 Å². The molecule has 2 heterocycles. The molecule has 2 aliphatic rings. The lowest BCUT2D eigenvalue weighted by atomic mass is 10.1. The van der Waals surface area contributed by atoms with Crippen molar-refractivity contribution in [2.45, 2.75) is 12.8 Å². The third-order valence-electron chi connectivity index (χ3n) is 4.53. The van der Waals surface area contributed by atoms with Crippen LogP contribution in [-0.2, 0) is 9.59 Å². The maximum atomic E-state index is 13.2. The summed E-state index contributed by atoms with van der Waals surface area (Å²) >= 11 is 0. The molecule has 2 saturated heterocycles. The van der Waals surface area contributed by atoms with E-state index in [1.807, 2.05) is 0 Å². The Morgan fingerprint density at radius 1 is 1.00 bits per heavy atom. The minimum absolute atomic E-state index is 0.0973. The minimum Gasteiger partial charge on any atom is -0.336 e. The Morgan fingerprint density at radius 3 is 2.29 bits per heavy atom. The van der Waals surface area contributed by atoms with Gasteiger partial charge in [-0.2, -0.15) is 0 Å². The lowest BCUT2D eigenvalue weighted by Gasteiger charge is -2.35. The average Bonchev–Trinajstić information content (AvgIpc) is 2.91. The molecule has 0 aromatic heterocycles. The standard InChI is InChI=1S/C17H20FN3O3/c18-14-3-1-2-13(12-14)17(24)20-9-6-19(7-10-20)8-11-21-15(22)4-5-16(21)23/h1-3,12H,4-11H2. The summed E-state index contributed by atoms with van der Waals surface area (Å²) in [6, 6.07) is 5.71. The summed E-state index contributed by atoms with van der Waals surface area (Å²) in [6.45, 7) is 3.50. The van der Waals surface area contributed by atoms with Crippen LogP contribution >= 0.6 is 0 Å². The number of likely N-dealkylation sites (tertiary alicyclic amines) is 1. The van der Waals surface area contributed by atoms with Gasteiger partial charge < -0.3 is 4.90 Å². The van der Waals surface area contributed by atoms with Gasteiger partial charge in [0.05, 0.1) is 0 Å². The van der Waals surface area contributed by atoms with Crippen molar-refractivity contribution >= 4 is 17.7 Å². The van der Waals surface area contributed by atoms with Gasteiger partial charge in [-0.3, -0.25) is 24.2 Å². The molecule has 3 rings (SSSR count). The molecule has 128 valence electrons. The lowest BCUT2D eigenvalue weighted by molar-refractivity contribution is -0.138. The fourth-order valence-electron chi connectivity index (χ4n) is 3.09. The van der Waals surface area contributed by atoms with E-state index >= 15 is 0 Å². The van der Waals surface area contributed by atoms with E-state index < -0.39 is 5.82 Å². The van der Waals surface area contributed by atoms with Gasteiger partial charge in [0.15, 0.2) is 0 Å². The van der Waals surface area contributed by atoms with Gasteiger partial charge in [-0.25, -0.2) is 4.39 Å². The van der Waals surface area contributed by atoms with Crippen LogP contribution in [0.2, 0.25) is 0 Å². The van der Waals surface area contributed by atoms with Gasteiger partial charge in [-0.05, 0) is 18.2 Å². The highest BCUT2D eigenvalue weighted by atomic mass is 19.1. The maximum absolute atomic E-state index is 13.2. The first-order valence-corrected chi connectivity index (χ1v) is 8.15. The second kappa shape index (κ2) is 7.09. The van der Waals surface area contributed by atoms with Gasteiger partial charge in [0, 0.05) is 57.7 Å². The van der Waals surface area contributed by atoms with E-state index in [1.165, 1.54) is 23.1 Å². The SMILES string of the molecule is O=C(c1cccc(F)c1)N1CCN(CCN2C(=O)CCC2=O)CC1. The van der Waals surface area contributed by atoms with Crippen molar-refractivity contribution in [1.29, 1.82) is 0 Å². The summed E-state index contributed by atoms with van der Waals surface area (Å²) in [4.78, 5) is 40.7. The normalized spacial score (nSPS) is 19.2. The van der Waals surface area contributed by atoms with Gasteiger partial charge in [0.25, 0.3) is 5.91 Å². The fourth-order valence-corrected chi connectivity index (χ4v) is 3.09. The average molecular weight is 333 g/mol. The Labute approximate surface area is 139 Å². The monoisotopic (exact) mass is 333 g/mol. The highest BCUT2D eigenvalue weighted by Crippen LogP contribution is 2.13. The van der Waals surface area contributed by atoms with Crippen molar-refractivity contribution < 1.29 is 18.8 Å². The van der Waals surface area contributed by atoms with Gasteiger partial charge in [-0.1, -0.05) is 6.07 Å². The zero-order valence-corrected chi connectivity index (χ0v) is 13.4. The highest BCUT2D eigenvalue weighted by molar-refractivity contribution is 6.01. The number of nitrogens with zero attached hydrogens (tertiary/aromatic N) is 3. The van der Waals surface area contributed by atoms with Crippen molar-refractivity contribution in [3.8, 4) is 0 Å². The molecule has 0 atom stereocenters. The quantitative estimate of drug-likeness (QED) is 0.762. The Hall–Kier alpha value is -2.28. The molecule has 6 nitrogen and oxygen atoms in total. The molecule has 24 heavy (non-hydrogen) atoms. The molecule has 0 radical (unpaired) electrons. The summed E-state index contributed by atoms with van der Waals surface area (Å²) < 4.78 is 13.2. The molecule has 3 amide bonds. The number of halogens is 1. The van der Waals surface area contributed by atoms with E-state index in [9.17, 15) is 18.8 Å². The number of carbonyl (C=O) groups excluding carboxylic acids is 3. The zero-order chi connectivity index (χ0) is 17.1. The number of imide groups is 1. The summed E-state index contributed by atoms with van der Waals surface area (Å²) in [6.07, 6.45) is 0.628. The largest absolute Gasteiger partial charge is 0.336 e. The van der Waals surface area contributed by atoms with Crippen LogP contribution in [-0.4, -0.2) is 71.7 Å². The number of benzene rings is 1. The Balaban J connectivity index is 1.48. The molecule has 0 aliphatic carbocycles. The van der Waals surface area contributed by atoms with Crippen LogP contribution < -0.4 is 0 Å². The van der Waals surface area contributed by atoms with Crippen molar-refractivity contribution in [1.82, 2.24) is 14.7 Å². The fraction of sp³-hybridized carbons (Fsp3) is 0.471. The molecule has 2 fully saturated rings. The van der Waals surface area contributed by atoms with Crippen LogP contribution in [0.15, 0.2) is 24.3 Å². The molecule has 7 heteroatoms. The number of amides is 3. The predicted octanol–water partition coefficient (Wildman–Crippen LogP) is 0.732. The van der Waals surface area contributed by atoms with Crippen LogP contribution in [0.3, 0.4) is 0 Å². The van der Waals surface area contributed by atoms with Gasteiger partial charge in [0.1, 0.15) is 5.82 Å². The summed E-state index contributed by atoms with van der Waals surface area (Å²) in [5.41, 5.74) is 0.358. The molecule has 1 aromatic rings. The molecule has 0 N–H and O–H groups in total. The van der Waals surface area contributed by atoms with Gasteiger partial charge in [0.2, 0.25) is 11.8 Å². The Morgan fingerprint density at radius 2 is 1.67 bits per heavy atom. The third-order valence-corrected chi connectivity index (χ3v) is 4.53. The van der Waals surface area contributed by atoms with Gasteiger partial charge in [-0.15, -0.1) is 0 Å². The lowest BCUT2D eigenvalue weighted by Crippen LogP contribution is -2.50. The van der Waals surface area contributed by atoms with E-state index in [2.05, 4.69) is 4.90 Å². The van der Waals surface area contributed by atoms with Crippen LogP contribution in [0, 0.1) is 5.82 Å². The van der Waals surface area contributed by atoms with E-state index in [0.29, 0.717) is 57.7 Å². The number of rotatable bonds is 4. The van der Waals surface area contributed by atoms with Crippen LogP contribution in [0.1, 0.15) is 23.2 Å². The highest BCUT2D eigenvalue weighted by Gasteiger charge is 2.29. The molecule has 0 spiro atoms. The van der Waals surface area contributed by atoms with Crippen molar-refractivity contribution in [3.05, 3.63) is 35.6 Å². The number of hydrogen-bond acceptors (Lipinski definition) is 4. The molecule has 1 aromatic carbocycles. The Kier molecular flexibility index (Phi) is 4.89. The smallest absolute Gasteiger partial charge is 0.254 e. The third kappa shape index (κ3) is 3.62. The van der Waals surface area contributed by atoms with Crippen LogP contribution in [0.4, 0.5) is 4.39 Å². The van der Waals surface area contributed by atoms with Crippen molar-refractivity contribution in [2.24, 2.45) is 0 Å². The first-order chi connectivity index (χ1) is 11.5. The molecule has 0 unspecified atom stereocenters. The molecule has 0 saturated carbocycles. The van der Waals surface area contributed by atoms with Crippen LogP contribution in [0.25, 0.3) is 0 Å². The molecule has 2 aliphatic heterocycles. The maximum Gasteiger partial charge on any atom is 0.254 e. The van der Waals surface area contributed by atoms with Crippen molar-refractivity contribution in [2.75, 3.05) is 39.3 Å². The Bertz CT molecular complexity index is 640. The van der Waals surface area contributed by atoms with Crippen LogP contribution in [0.5, 0.6) is 0 Å². The molecular formula is C17H20FN3O3. The first kappa shape index (κ1) is 16.6. The summed E-state index contributed by atoms with van der Waals surface area (Å²) in [5.74, 6) is -0.779. The number of hydrogen-bond donors (Lipinski definition) is 0. The summed E-state index contributed by atoms with van der Waals surface area (Å²) in [7, 11) is 0. The molecule has 0 bridgehead atoms. The summed E-state index contributed by atoms with van der Waals surface area (Å²) in [5, 5.41) is 0. The number of carbonyl (C=O) groups is 3. The minimum atomic E-state index is -0.417. The second-order valence-electron chi connectivity index (χ2n) is 6.08. The van der Waals surface area contributed by atoms with E-state index in [-0.39, 0.29) is 17.7 Å². The van der Waals surface area contributed by atoms with E-state index in [0.717, 1.165) is 0 Å². The first-order valence-electron chi connectivity index (χ1n) is 8.15. The van der Waals surface area contributed by atoms with E-state index in [4.69, 9.17) is 0 Å². The predicted molar refractivity (Wildman–Crippen MR) is 84.7 cm³/mol. The second-order valence-corrected chi connectivity index (χ2v) is 6.08. The molecular weight excluding hydrogens is 313 g/mol. The topological polar surface area (TPSA) is 60.9 Å². The van der Waals surface area contributed by atoms with Gasteiger partial charge >= 0.3 is 0 Å². The zero-order valence-electron chi connectivity index (χ0n) is 13.4. The van der Waals surface area contributed by atoms with Crippen molar-refractivity contribution in [3.63, 3.8) is 0 Å².